The molecule has 0 aliphatic carbocycles. The topological polar surface area (TPSA) is 0 Å². The maximum Gasteiger partial charge on any atom is 0.0872 e. The van der Waals surface area contributed by atoms with Crippen molar-refractivity contribution < 1.29 is 4.39 Å². The standard InChI is InChI=1S/C9H9F/c1-8-3-2-4-9(7-8)5-6-10/h2-7H,1H3. The minimum absolute atomic E-state index is 0.550. The molecular weight excluding hydrogens is 127 g/mol. The summed E-state index contributed by atoms with van der Waals surface area (Å²) in [6.45, 7) is 1.98. The number of rotatable bonds is 1. The smallest absolute Gasteiger partial charge is 0.0872 e. The first-order valence-corrected chi connectivity index (χ1v) is 3.16. The van der Waals surface area contributed by atoms with E-state index in [4.69, 9.17) is 0 Å². The lowest BCUT2D eigenvalue weighted by Crippen LogP contribution is -1.72. The second kappa shape index (κ2) is 3.16. The summed E-state index contributed by atoms with van der Waals surface area (Å²) in [5, 5.41) is 0. The maximum absolute atomic E-state index is 11.6. The molecule has 0 radical (unpaired) electrons. The largest absolute Gasteiger partial charge is 0.216 e. The highest BCUT2D eigenvalue weighted by Crippen LogP contribution is 2.05. The Bertz CT molecular complexity index is 238. The molecular formula is C9H9F. The van der Waals surface area contributed by atoms with Gasteiger partial charge in [0, 0.05) is 0 Å². The van der Waals surface area contributed by atoms with E-state index < -0.39 is 0 Å². The van der Waals surface area contributed by atoms with Crippen LogP contribution in [0.5, 0.6) is 0 Å². The van der Waals surface area contributed by atoms with Crippen molar-refractivity contribution in [1.82, 2.24) is 0 Å². The molecule has 1 aromatic carbocycles. The van der Waals surface area contributed by atoms with Gasteiger partial charge >= 0.3 is 0 Å². The van der Waals surface area contributed by atoms with E-state index in [9.17, 15) is 4.39 Å². The first-order chi connectivity index (χ1) is 4.83. The van der Waals surface area contributed by atoms with Crippen LogP contribution in [0.15, 0.2) is 30.6 Å². The third-order valence-electron chi connectivity index (χ3n) is 1.30. The van der Waals surface area contributed by atoms with Crippen LogP contribution in [-0.4, -0.2) is 0 Å². The number of benzene rings is 1. The Kier molecular flexibility index (Phi) is 2.21. The fraction of sp³-hybridized carbons (Fsp3) is 0.111. The van der Waals surface area contributed by atoms with Gasteiger partial charge in [-0.3, -0.25) is 0 Å². The molecule has 0 atom stereocenters. The van der Waals surface area contributed by atoms with Crippen LogP contribution in [0.2, 0.25) is 0 Å². The summed E-state index contributed by atoms with van der Waals surface area (Å²) in [7, 11) is 0. The van der Waals surface area contributed by atoms with E-state index in [0.717, 1.165) is 11.1 Å². The number of hydrogen-bond donors (Lipinski definition) is 0. The third kappa shape index (κ3) is 1.69. The van der Waals surface area contributed by atoms with Gasteiger partial charge in [0.25, 0.3) is 0 Å². The van der Waals surface area contributed by atoms with E-state index in [1.807, 2.05) is 31.2 Å². The van der Waals surface area contributed by atoms with E-state index >= 15 is 0 Å². The van der Waals surface area contributed by atoms with Crippen LogP contribution in [0.1, 0.15) is 11.1 Å². The van der Waals surface area contributed by atoms with Crippen LogP contribution < -0.4 is 0 Å². The quantitative estimate of drug-likeness (QED) is 0.556. The molecule has 0 unspecified atom stereocenters. The van der Waals surface area contributed by atoms with Crippen molar-refractivity contribution in [3.05, 3.63) is 41.7 Å². The molecule has 0 bridgehead atoms. The lowest BCUT2D eigenvalue weighted by molar-refractivity contribution is 0.727. The zero-order valence-electron chi connectivity index (χ0n) is 5.84. The molecule has 0 N–H and O–H groups in total. The van der Waals surface area contributed by atoms with Crippen LogP contribution in [0.25, 0.3) is 6.08 Å². The first-order valence-electron chi connectivity index (χ1n) is 3.16. The Balaban J connectivity index is 2.95. The van der Waals surface area contributed by atoms with Gasteiger partial charge in [-0.25, -0.2) is 4.39 Å². The van der Waals surface area contributed by atoms with E-state index in [1.165, 1.54) is 6.08 Å². The molecule has 0 saturated carbocycles. The highest BCUT2D eigenvalue weighted by molar-refractivity contribution is 5.48. The molecule has 0 aromatic heterocycles. The van der Waals surface area contributed by atoms with Crippen molar-refractivity contribution in [3.8, 4) is 0 Å². The van der Waals surface area contributed by atoms with Gasteiger partial charge < -0.3 is 0 Å². The molecule has 0 fully saturated rings. The van der Waals surface area contributed by atoms with E-state index in [0.29, 0.717) is 6.33 Å². The Morgan fingerprint density at radius 3 is 2.80 bits per heavy atom. The molecule has 0 aliphatic rings. The number of hydrogen-bond acceptors (Lipinski definition) is 0. The summed E-state index contributed by atoms with van der Waals surface area (Å²) in [5.74, 6) is 0. The average molecular weight is 136 g/mol. The summed E-state index contributed by atoms with van der Waals surface area (Å²) in [5.41, 5.74) is 2.05. The predicted octanol–water partition coefficient (Wildman–Crippen LogP) is 2.94. The third-order valence-corrected chi connectivity index (χ3v) is 1.30. The molecule has 0 nitrogen and oxygen atoms in total. The van der Waals surface area contributed by atoms with Gasteiger partial charge in [0.05, 0.1) is 6.33 Å². The Labute approximate surface area is 60.0 Å². The van der Waals surface area contributed by atoms with Gasteiger partial charge in [0.15, 0.2) is 0 Å². The molecule has 0 aliphatic heterocycles. The SMILES string of the molecule is Cc1cccc(C=CF)c1. The lowest BCUT2D eigenvalue weighted by atomic mass is 10.1. The molecule has 52 valence electrons. The molecule has 0 saturated heterocycles. The second-order valence-electron chi connectivity index (χ2n) is 2.21. The normalized spacial score (nSPS) is 10.6. The molecule has 1 aromatic rings. The Morgan fingerprint density at radius 1 is 1.40 bits per heavy atom. The van der Waals surface area contributed by atoms with Crippen LogP contribution in [0, 0.1) is 6.92 Å². The first kappa shape index (κ1) is 7.00. The van der Waals surface area contributed by atoms with Crippen molar-refractivity contribution >= 4 is 6.08 Å². The zero-order chi connectivity index (χ0) is 7.40. The van der Waals surface area contributed by atoms with E-state index in [2.05, 4.69) is 0 Å². The second-order valence-corrected chi connectivity index (χ2v) is 2.21. The Hall–Kier alpha value is -1.11. The van der Waals surface area contributed by atoms with E-state index in [-0.39, 0.29) is 0 Å². The predicted molar refractivity (Wildman–Crippen MR) is 41.3 cm³/mol. The van der Waals surface area contributed by atoms with Gasteiger partial charge in [-0.1, -0.05) is 29.8 Å². The maximum atomic E-state index is 11.6. The summed E-state index contributed by atoms with van der Waals surface area (Å²) in [6.07, 6.45) is 1.99. The van der Waals surface area contributed by atoms with Crippen LogP contribution in [-0.2, 0) is 0 Å². The summed E-state index contributed by atoms with van der Waals surface area (Å²) < 4.78 is 11.6. The van der Waals surface area contributed by atoms with Gasteiger partial charge in [0.2, 0.25) is 0 Å². The van der Waals surface area contributed by atoms with Crippen molar-refractivity contribution in [2.75, 3.05) is 0 Å². The summed E-state index contributed by atoms with van der Waals surface area (Å²) in [4.78, 5) is 0. The minimum Gasteiger partial charge on any atom is -0.216 e. The van der Waals surface area contributed by atoms with Gasteiger partial charge in [-0.05, 0) is 18.6 Å². The average Bonchev–Trinajstić information content (AvgIpc) is 1.88. The number of aryl methyl sites for hydroxylation is 1. The van der Waals surface area contributed by atoms with Crippen molar-refractivity contribution in [3.63, 3.8) is 0 Å². The Morgan fingerprint density at radius 2 is 2.20 bits per heavy atom. The molecule has 0 amide bonds. The fourth-order valence-corrected chi connectivity index (χ4v) is 0.847. The van der Waals surface area contributed by atoms with Crippen LogP contribution >= 0.6 is 0 Å². The van der Waals surface area contributed by atoms with E-state index in [1.54, 1.807) is 0 Å². The number of halogens is 1. The molecule has 0 spiro atoms. The van der Waals surface area contributed by atoms with Gasteiger partial charge in [0.1, 0.15) is 0 Å². The minimum atomic E-state index is 0.550. The summed E-state index contributed by atoms with van der Waals surface area (Å²) >= 11 is 0. The molecule has 1 rings (SSSR count). The molecule has 1 heteroatoms. The fourth-order valence-electron chi connectivity index (χ4n) is 0.847. The highest BCUT2D eigenvalue weighted by atomic mass is 19.1. The van der Waals surface area contributed by atoms with Gasteiger partial charge in [-0.2, -0.15) is 0 Å². The zero-order valence-corrected chi connectivity index (χ0v) is 5.84. The summed E-state index contributed by atoms with van der Waals surface area (Å²) in [6, 6.07) is 7.68. The molecule has 0 heterocycles. The van der Waals surface area contributed by atoms with Crippen LogP contribution in [0.4, 0.5) is 4.39 Å². The van der Waals surface area contributed by atoms with Crippen molar-refractivity contribution in [2.24, 2.45) is 0 Å². The lowest BCUT2D eigenvalue weighted by Gasteiger charge is -1.92. The molecule has 10 heavy (non-hydrogen) atoms. The monoisotopic (exact) mass is 136 g/mol. The van der Waals surface area contributed by atoms with Crippen LogP contribution in [0.3, 0.4) is 0 Å². The highest BCUT2D eigenvalue weighted by Gasteiger charge is 1.85. The van der Waals surface area contributed by atoms with Crippen molar-refractivity contribution in [1.29, 1.82) is 0 Å². The van der Waals surface area contributed by atoms with Crippen molar-refractivity contribution in [2.45, 2.75) is 6.92 Å². The van der Waals surface area contributed by atoms with Gasteiger partial charge in [-0.15, -0.1) is 0 Å².